The van der Waals surface area contributed by atoms with Crippen LogP contribution < -0.4 is 5.32 Å². The molecule has 2 N–H and O–H groups in total. The molecule has 1 amide bonds. The molecule has 6 heteroatoms. The molecule has 1 unspecified atom stereocenters. The predicted molar refractivity (Wildman–Crippen MR) is 62.0 cm³/mol. The molecule has 1 aromatic rings. The molecular weight excluding hydrogens is 250 g/mol. The van der Waals surface area contributed by atoms with Crippen molar-refractivity contribution < 1.29 is 14.7 Å². The van der Waals surface area contributed by atoms with Crippen LogP contribution in [0.15, 0.2) is 23.1 Å². The number of halogens is 1. The van der Waals surface area contributed by atoms with Gasteiger partial charge in [-0.1, -0.05) is 23.4 Å². The van der Waals surface area contributed by atoms with Crippen molar-refractivity contribution >= 4 is 40.9 Å². The fourth-order valence-electron chi connectivity index (χ4n) is 1.33. The van der Waals surface area contributed by atoms with Crippen LogP contribution in [0.3, 0.4) is 0 Å². The molecule has 0 saturated carbocycles. The van der Waals surface area contributed by atoms with Crippen LogP contribution in [0, 0.1) is 0 Å². The van der Waals surface area contributed by atoms with Gasteiger partial charge in [-0.15, -0.1) is 0 Å². The average molecular weight is 258 g/mol. The van der Waals surface area contributed by atoms with E-state index in [1.807, 2.05) is 0 Å². The number of hydrogen-bond acceptors (Lipinski definition) is 3. The first kappa shape index (κ1) is 11.3. The topological polar surface area (TPSA) is 66.4 Å². The smallest absolute Gasteiger partial charge is 0.329 e. The first-order chi connectivity index (χ1) is 7.43. The predicted octanol–water partition coefficient (Wildman–Crippen LogP) is 2.23. The Morgan fingerprint density at radius 1 is 1.56 bits per heavy atom. The van der Waals surface area contributed by atoms with Gasteiger partial charge in [-0.2, -0.15) is 0 Å². The monoisotopic (exact) mass is 257 g/mol. The lowest BCUT2D eigenvalue weighted by atomic mass is 10.1. The van der Waals surface area contributed by atoms with E-state index in [0.717, 1.165) is 11.8 Å². The van der Waals surface area contributed by atoms with Gasteiger partial charge in [0.05, 0.1) is 5.69 Å². The molecule has 1 aliphatic rings. The molecule has 2 rings (SSSR count). The molecule has 1 aliphatic heterocycles. The summed E-state index contributed by atoms with van der Waals surface area (Å²) < 4.78 is -1.50. The van der Waals surface area contributed by atoms with Crippen molar-refractivity contribution in [3.63, 3.8) is 0 Å². The molecule has 0 aliphatic carbocycles. The molecule has 84 valence electrons. The Balaban J connectivity index is 2.48. The fraction of sp³-hybridized carbons (Fsp3) is 0.200. The first-order valence-corrected chi connectivity index (χ1v) is 5.66. The van der Waals surface area contributed by atoms with Crippen LogP contribution in [-0.4, -0.2) is 21.7 Å². The summed E-state index contributed by atoms with van der Waals surface area (Å²) in [6.07, 6.45) is 0. The summed E-state index contributed by atoms with van der Waals surface area (Å²) in [7, 11) is 0. The van der Waals surface area contributed by atoms with Gasteiger partial charge >= 0.3 is 5.97 Å². The molecular formula is C10H8ClNO3S. The second-order valence-electron chi connectivity index (χ2n) is 3.54. The lowest BCUT2D eigenvalue weighted by Crippen LogP contribution is -2.46. The lowest BCUT2D eigenvalue weighted by Gasteiger charge is -2.29. The summed E-state index contributed by atoms with van der Waals surface area (Å²) in [5, 5.41) is 12.1. The van der Waals surface area contributed by atoms with E-state index in [9.17, 15) is 9.59 Å². The molecule has 0 fully saturated rings. The highest BCUT2D eigenvalue weighted by atomic mass is 35.5. The van der Waals surface area contributed by atoms with Crippen LogP contribution in [0.25, 0.3) is 0 Å². The van der Waals surface area contributed by atoms with Gasteiger partial charge in [-0.05, 0) is 25.1 Å². The molecule has 0 radical (unpaired) electrons. The molecule has 1 aromatic carbocycles. The number of rotatable bonds is 1. The second kappa shape index (κ2) is 3.68. The van der Waals surface area contributed by atoms with Gasteiger partial charge < -0.3 is 10.4 Å². The molecule has 0 aromatic heterocycles. The number of carboxylic acids is 1. The molecule has 1 heterocycles. The van der Waals surface area contributed by atoms with Crippen molar-refractivity contribution in [3.05, 3.63) is 23.2 Å². The highest BCUT2D eigenvalue weighted by Crippen LogP contribution is 2.43. The van der Waals surface area contributed by atoms with E-state index in [0.29, 0.717) is 15.6 Å². The van der Waals surface area contributed by atoms with Crippen molar-refractivity contribution in [2.45, 2.75) is 16.6 Å². The summed E-state index contributed by atoms with van der Waals surface area (Å²) in [6.45, 7) is 1.37. The van der Waals surface area contributed by atoms with E-state index in [-0.39, 0.29) is 0 Å². The minimum atomic E-state index is -1.50. The van der Waals surface area contributed by atoms with Crippen LogP contribution >= 0.6 is 23.4 Å². The maximum atomic E-state index is 11.7. The van der Waals surface area contributed by atoms with E-state index in [4.69, 9.17) is 16.7 Å². The van der Waals surface area contributed by atoms with Crippen molar-refractivity contribution in [1.29, 1.82) is 0 Å². The van der Waals surface area contributed by atoms with Gasteiger partial charge in [0.25, 0.3) is 5.91 Å². The molecule has 1 atom stereocenters. The zero-order chi connectivity index (χ0) is 11.9. The quantitative estimate of drug-likeness (QED) is 0.757. The van der Waals surface area contributed by atoms with E-state index >= 15 is 0 Å². The number of carbonyl (C=O) groups excluding carboxylic acids is 1. The third-order valence-electron chi connectivity index (χ3n) is 2.35. The first-order valence-electron chi connectivity index (χ1n) is 4.47. The summed E-state index contributed by atoms with van der Waals surface area (Å²) >= 11 is 6.81. The molecule has 0 saturated heterocycles. The Morgan fingerprint density at radius 3 is 2.88 bits per heavy atom. The largest absolute Gasteiger partial charge is 0.480 e. The SMILES string of the molecule is CC1(C(=O)O)Sc2cc(Cl)ccc2NC1=O. The molecule has 4 nitrogen and oxygen atoms in total. The third-order valence-corrected chi connectivity index (χ3v) is 3.91. The van der Waals surface area contributed by atoms with Crippen LogP contribution in [-0.2, 0) is 9.59 Å². The van der Waals surface area contributed by atoms with Gasteiger partial charge in [0.1, 0.15) is 0 Å². The van der Waals surface area contributed by atoms with Gasteiger partial charge in [0.15, 0.2) is 4.75 Å². The van der Waals surface area contributed by atoms with Crippen LogP contribution in [0.4, 0.5) is 5.69 Å². The number of anilines is 1. The van der Waals surface area contributed by atoms with Crippen LogP contribution in [0.5, 0.6) is 0 Å². The maximum Gasteiger partial charge on any atom is 0.329 e. The summed E-state index contributed by atoms with van der Waals surface area (Å²) in [5.74, 6) is -1.69. The number of amides is 1. The zero-order valence-electron chi connectivity index (χ0n) is 8.28. The molecule has 16 heavy (non-hydrogen) atoms. The van der Waals surface area contributed by atoms with Crippen LogP contribution in [0.2, 0.25) is 5.02 Å². The van der Waals surface area contributed by atoms with E-state index < -0.39 is 16.6 Å². The van der Waals surface area contributed by atoms with E-state index in [1.54, 1.807) is 18.2 Å². The van der Waals surface area contributed by atoms with Crippen molar-refractivity contribution in [2.75, 3.05) is 5.32 Å². The number of fused-ring (bicyclic) bond motifs is 1. The van der Waals surface area contributed by atoms with Crippen LogP contribution in [0.1, 0.15) is 6.92 Å². The number of hydrogen-bond donors (Lipinski definition) is 2. The number of carboxylic acid groups (broad SMARTS) is 1. The Hall–Kier alpha value is -1.20. The fourth-order valence-corrected chi connectivity index (χ4v) is 2.66. The normalized spacial score (nSPS) is 23.5. The van der Waals surface area contributed by atoms with Gasteiger partial charge in [0.2, 0.25) is 0 Å². The highest BCUT2D eigenvalue weighted by molar-refractivity contribution is 8.02. The minimum Gasteiger partial charge on any atom is -0.480 e. The van der Waals surface area contributed by atoms with E-state index in [1.165, 1.54) is 6.92 Å². The van der Waals surface area contributed by atoms with Gasteiger partial charge in [-0.25, -0.2) is 0 Å². The average Bonchev–Trinajstić information content (AvgIpc) is 2.20. The number of nitrogens with one attached hydrogen (secondary N) is 1. The summed E-state index contributed by atoms with van der Waals surface area (Å²) in [6, 6.07) is 4.94. The Bertz CT molecular complexity index is 491. The van der Waals surface area contributed by atoms with Gasteiger partial charge in [0, 0.05) is 9.92 Å². The Morgan fingerprint density at radius 2 is 2.25 bits per heavy atom. The third kappa shape index (κ3) is 1.66. The van der Waals surface area contributed by atoms with Crippen molar-refractivity contribution in [3.8, 4) is 0 Å². The van der Waals surface area contributed by atoms with Crippen molar-refractivity contribution in [1.82, 2.24) is 0 Å². The molecule has 0 spiro atoms. The lowest BCUT2D eigenvalue weighted by molar-refractivity contribution is -0.142. The Kier molecular flexibility index (Phi) is 2.59. The Labute approximate surface area is 101 Å². The number of benzene rings is 1. The number of thioether (sulfide) groups is 1. The standard InChI is InChI=1S/C10H8ClNO3S/c1-10(9(14)15)8(13)12-6-3-2-5(11)4-7(6)16-10/h2-4H,1H3,(H,12,13)(H,14,15). The summed E-state index contributed by atoms with van der Waals surface area (Å²) in [5.41, 5.74) is 0.595. The highest BCUT2D eigenvalue weighted by Gasteiger charge is 2.46. The second-order valence-corrected chi connectivity index (χ2v) is 5.43. The number of carbonyl (C=O) groups is 2. The maximum absolute atomic E-state index is 11.7. The minimum absolute atomic E-state index is 0.509. The van der Waals surface area contributed by atoms with E-state index in [2.05, 4.69) is 5.32 Å². The van der Waals surface area contributed by atoms with Gasteiger partial charge in [-0.3, -0.25) is 9.59 Å². The number of aliphatic carboxylic acids is 1. The van der Waals surface area contributed by atoms with Crippen molar-refractivity contribution in [2.24, 2.45) is 0 Å². The summed E-state index contributed by atoms with van der Waals surface area (Å²) in [4.78, 5) is 23.4. The zero-order valence-corrected chi connectivity index (χ0v) is 9.85. The molecule has 0 bridgehead atoms.